The number of fused-ring (bicyclic) bond motifs is 2. The molecule has 1 saturated heterocycles. The number of nitrogens with zero attached hydrogens (tertiary/aromatic N) is 1. The first-order chi connectivity index (χ1) is 11.0. The molecule has 2 aliphatic heterocycles. The second-order valence-electron chi connectivity index (χ2n) is 5.86. The van der Waals surface area contributed by atoms with E-state index in [0.717, 1.165) is 5.56 Å². The summed E-state index contributed by atoms with van der Waals surface area (Å²) >= 11 is 0. The van der Waals surface area contributed by atoms with Gasteiger partial charge in [-0.05, 0) is 18.9 Å². The van der Waals surface area contributed by atoms with Crippen molar-refractivity contribution in [2.75, 3.05) is 19.8 Å². The first-order valence-electron chi connectivity index (χ1n) is 7.45. The minimum atomic E-state index is -2.99. The van der Waals surface area contributed by atoms with E-state index in [1.807, 2.05) is 0 Å². The number of aliphatic hydroxyl groups is 1. The second-order valence-corrected chi connectivity index (χ2v) is 5.86. The highest BCUT2D eigenvalue weighted by Gasteiger charge is 2.55. The number of amides is 1. The average Bonchev–Trinajstić information content (AvgIpc) is 2.47. The molecular weight excluding hydrogens is 310 g/mol. The Morgan fingerprint density at radius 1 is 1.48 bits per heavy atom. The molecule has 1 amide bonds. The fourth-order valence-corrected chi connectivity index (χ4v) is 3.32. The van der Waals surface area contributed by atoms with Gasteiger partial charge in [0.15, 0.2) is 0 Å². The normalized spacial score (nSPS) is 25.0. The Morgan fingerprint density at radius 2 is 2.22 bits per heavy atom. The highest BCUT2D eigenvalue weighted by molar-refractivity contribution is 5.91. The molecule has 0 radical (unpaired) electrons. The fourth-order valence-electron chi connectivity index (χ4n) is 3.32. The lowest BCUT2D eigenvalue weighted by Gasteiger charge is -2.50. The number of carbonyl (C=O) groups is 1. The summed E-state index contributed by atoms with van der Waals surface area (Å²) in [6, 6.07) is 3.01. The van der Waals surface area contributed by atoms with E-state index in [1.165, 1.54) is 6.07 Å². The van der Waals surface area contributed by atoms with Crippen molar-refractivity contribution < 1.29 is 28.2 Å². The average molecular weight is 328 g/mol. The van der Waals surface area contributed by atoms with E-state index in [0.29, 0.717) is 25.3 Å². The van der Waals surface area contributed by atoms with E-state index in [-0.39, 0.29) is 24.8 Å². The lowest BCUT2D eigenvalue weighted by atomic mass is 9.68. The summed E-state index contributed by atoms with van der Waals surface area (Å²) < 4.78 is 34.6. The van der Waals surface area contributed by atoms with Crippen LogP contribution < -0.4 is 10.1 Å². The van der Waals surface area contributed by atoms with Gasteiger partial charge in [-0.1, -0.05) is 6.92 Å². The minimum absolute atomic E-state index is 0.157. The number of halogens is 2. The molecule has 1 atom stereocenters. The van der Waals surface area contributed by atoms with Gasteiger partial charge in [0, 0.05) is 18.2 Å². The topological polar surface area (TPSA) is 80.7 Å². The summed E-state index contributed by atoms with van der Waals surface area (Å²) in [5.41, 5.74) is -0.608. The van der Waals surface area contributed by atoms with Gasteiger partial charge < -0.3 is 19.9 Å². The summed E-state index contributed by atoms with van der Waals surface area (Å²) in [5.74, 6) is -0.508. The van der Waals surface area contributed by atoms with Gasteiger partial charge in [-0.3, -0.25) is 4.79 Å². The number of nitrogens with one attached hydrogen (secondary N) is 1. The number of rotatable bonds is 5. The van der Waals surface area contributed by atoms with Crippen LogP contribution in [0.3, 0.4) is 0 Å². The first kappa shape index (κ1) is 16.1. The van der Waals surface area contributed by atoms with Crippen LogP contribution in [0.1, 0.15) is 31.0 Å². The van der Waals surface area contributed by atoms with Crippen LogP contribution in [0.25, 0.3) is 0 Å². The quantitative estimate of drug-likeness (QED) is 0.845. The van der Waals surface area contributed by atoms with E-state index in [2.05, 4.69) is 15.0 Å². The number of aliphatic hydroxyl groups excluding tert-OH is 1. The van der Waals surface area contributed by atoms with Crippen molar-refractivity contribution in [3.8, 4) is 5.88 Å². The molecule has 6 nitrogen and oxygen atoms in total. The Morgan fingerprint density at radius 3 is 2.74 bits per heavy atom. The second kappa shape index (κ2) is 5.68. The molecule has 0 bridgehead atoms. The number of hydrogen-bond donors (Lipinski definition) is 2. The van der Waals surface area contributed by atoms with Gasteiger partial charge in [0.05, 0.1) is 24.3 Å². The van der Waals surface area contributed by atoms with Crippen molar-refractivity contribution in [1.29, 1.82) is 0 Å². The van der Waals surface area contributed by atoms with E-state index in [9.17, 15) is 18.7 Å². The van der Waals surface area contributed by atoms with Gasteiger partial charge >= 0.3 is 6.61 Å². The molecule has 1 aromatic rings. The number of ether oxygens (including phenoxy) is 2. The van der Waals surface area contributed by atoms with Crippen LogP contribution in [-0.4, -0.2) is 42.4 Å². The summed E-state index contributed by atoms with van der Waals surface area (Å²) in [7, 11) is 0. The van der Waals surface area contributed by atoms with Gasteiger partial charge in [0.25, 0.3) is 0 Å². The van der Waals surface area contributed by atoms with Gasteiger partial charge in [-0.15, -0.1) is 0 Å². The Labute approximate surface area is 131 Å². The molecule has 1 spiro atoms. The maximum Gasteiger partial charge on any atom is 0.388 e. The number of hydrogen-bond acceptors (Lipinski definition) is 5. The molecule has 126 valence electrons. The van der Waals surface area contributed by atoms with Gasteiger partial charge in [0.1, 0.15) is 5.54 Å². The van der Waals surface area contributed by atoms with Crippen molar-refractivity contribution in [2.24, 2.45) is 0 Å². The van der Waals surface area contributed by atoms with Crippen LogP contribution in [0.2, 0.25) is 0 Å². The van der Waals surface area contributed by atoms with Crippen LogP contribution in [0.15, 0.2) is 12.1 Å². The lowest BCUT2D eigenvalue weighted by Crippen LogP contribution is -2.67. The predicted molar refractivity (Wildman–Crippen MR) is 75.2 cm³/mol. The number of pyridine rings is 1. The summed E-state index contributed by atoms with van der Waals surface area (Å²) in [6.45, 7) is -0.793. The standard InChI is InChI=1S/C15H18F2N2O4/c1-2-14(5-6-20)11-9(3-4-10(18-11)23-13(16)17)15(7-22-8-15)19-12(14)21/h3-4,13,20H,2,5-8H2,1H3,(H,19,21). The molecule has 3 rings (SSSR count). The molecule has 1 unspecified atom stereocenters. The van der Waals surface area contributed by atoms with Crippen molar-refractivity contribution in [1.82, 2.24) is 10.3 Å². The molecule has 3 heterocycles. The molecule has 0 aromatic carbocycles. The van der Waals surface area contributed by atoms with Crippen molar-refractivity contribution >= 4 is 5.91 Å². The van der Waals surface area contributed by atoms with Gasteiger partial charge in [0.2, 0.25) is 11.8 Å². The molecule has 1 fully saturated rings. The van der Waals surface area contributed by atoms with Crippen LogP contribution in [0.5, 0.6) is 5.88 Å². The zero-order chi connectivity index (χ0) is 16.7. The molecule has 2 aliphatic rings. The van der Waals surface area contributed by atoms with Gasteiger partial charge in [-0.2, -0.15) is 8.78 Å². The molecular formula is C15H18F2N2O4. The Hall–Kier alpha value is -1.80. The highest BCUT2D eigenvalue weighted by atomic mass is 19.3. The van der Waals surface area contributed by atoms with E-state index >= 15 is 0 Å². The van der Waals surface area contributed by atoms with Crippen LogP contribution >= 0.6 is 0 Å². The Bertz CT molecular complexity index is 621. The third-order valence-corrected chi connectivity index (χ3v) is 4.67. The summed E-state index contributed by atoms with van der Waals surface area (Å²) in [5, 5.41) is 12.4. The molecule has 1 aromatic heterocycles. The Kier molecular flexibility index (Phi) is 3.97. The number of carbonyl (C=O) groups excluding carboxylic acids is 1. The molecule has 8 heteroatoms. The molecule has 0 saturated carbocycles. The SMILES string of the molecule is CCC1(CCO)C(=O)NC2(COC2)c2ccc(OC(F)F)nc21. The zero-order valence-electron chi connectivity index (χ0n) is 12.6. The van der Waals surface area contributed by atoms with E-state index < -0.39 is 17.6 Å². The van der Waals surface area contributed by atoms with Crippen LogP contribution in [-0.2, 0) is 20.5 Å². The van der Waals surface area contributed by atoms with Crippen molar-refractivity contribution in [2.45, 2.75) is 37.3 Å². The minimum Gasteiger partial charge on any atom is -0.417 e. The summed E-state index contributed by atoms with van der Waals surface area (Å²) in [4.78, 5) is 16.9. The van der Waals surface area contributed by atoms with Crippen LogP contribution in [0.4, 0.5) is 8.78 Å². The maximum atomic E-state index is 12.7. The Balaban J connectivity index is 2.15. The lowest BCUT2D eigenvalue weighted by molar-refractivity contribution is -0.144. The molecule has 2 N–H and O–H groups in total. The van der Waals surface area contributed by atoms with E-state index in [4.69, 9.17) is 4.74 Å². The predicted octanol–water partition coefficient (Wildman–Crippen LogP) is 1.07. The third kappa shape index (κ3) is 2.36. The maximum absolute atomic E-state index is 12.7. The highest BCUT2D eigenvalue weighted by Crippen LogP contribution is 2.45. The number of aromatic nitrogens is 1. The van der Waals surface area contributed by atoms with Crippen molar-refractivity contribution in [3.63, 3.8) is 0 Å². The summed E-state index contributed by atoms with van der Waals surface area (Å²) in [6.07, 6.45) is 0.541. The largest absolute Gasteiger partial charge is 0.417 e. The molecule has 23 heavy (non-hydrogen) atoms. The van der Waals surface area contributed by atoms with Crippen molar-refractivity contribution in [3.05, 3.63) is 23.4 Å². The third-order valence-electron chi connectivity index (χ3n) is 4.67. The smallest absolute Gasteiger partial charge is 0.388 e. The van der Waals surface area contributed by atoms with Gasteiger partial charge in [-0.25, -0.2) is 4.98 Å². The fraction of sp³-hybridized carbons (Fsp3) is 0.600. The zero-order valence-corrected chi connectivity index (χ0v) is 12.6. The van der Waals surface area contributed by atoms with E-state index in [1.54, 1.807) is 13.0 Å². The van der Waals surface area contributed by atoms with Crippen LogP contribution in [0, 0.1) is 0 Å². The molecule has 0 aliphatic carbocycles. The number of alkyl halides is 2. The first-order valence-corrected chi connectivity index (χ1v) is 7.45. The monoisotopic (exact) mass is 328 g/mol.